The van der Waals surface area contributed by atoms with Crippen molar-refractivity contribution in [3.05, 3.63) is 40.5 Å². The van der Waals surface area contributed by atoms with Crippen LogP contribution in [0.2, 0.25) is 0 Å². The van der Waals surface area contributed by atoms with E-state index in [0.717, 1.165) is 15.8 Å². The summed E-state index contributed by atoms with van der Waals surface area (Å²) in [5.41, 5.74) is 1.93. The molecular weight excluding hydrogens is 284 g/mol. The summed E-state index contributed by atoms with van der Waals surface area (Å²) in [6, 6.07) is 9.00. The average Bonchev–Trinajstić information content (AvgIpc) is 2.39. The van der Waals surface area contributed by atoms with E-state index in [4.69, 9.17) is 4.74 Å². The van der Waals surface area contributed by atoms with Crippen molar-refractivity contribution in [2.75, 3.05) is 7.11 Å². The molecule has 1 aromatic heterocycles. The molecule has 4 nitrogen and oxygen atoms in total. The van der Waals surface area contributed by atoms with Crippen LogP contribution in [0.25, 0.3) is 11.3 Å². The van der Waals surface area contributed by atoms with Gasteiger partial charge in [0.2, 0.25) is 0 Å². The van der Waals surface area contributed by atoms with Crippen LogP contribution >= 0.6 is 15.9 Å². The van der Waals surface area contributed by atoms with E-state index < -0.39 is 0 Å². The minimum Gasteiger partial charge on any atom is -0.496 e. The molecular formula is C12H9BrN2O2. The molecule has 0 N–H and O–H groups in total. The third-order valence-electron chi connectivity index (χ3n) is 2.25. The number of hydrogen-bond acceptors (Lipinski definition) is 4. The van der Waals surface area contributed by atoms with Crippen molar-refractivity contribution in [2.24, 2.45) is 0 Å². The normalized spacial score (nSPS) is 10.0. The maximum absolute atomic E-state index is 10.5. The van der Waals surface area contributed by atoms with Crippen molar-refractivity contribution in [3.63, 3.8) is 0 Å². The summed E-state index contributed by atoms with van der Waals surface area (Å²) in [7, 11) is 1.61. The Balaban J connectivity index is 2.38. The summed E-state index contributed by atoms with van der Waals surface area (Å²) in [5.74, 6) is 0.756. The van der Waals surface area contributed by atoms with Crippen LogP contribution in [0.3, 0.4) is 0 Å². The molecule has 0 amide bonds. The van der Waals surface area contributed by atoms with Gasteiger partial charge in [-0.2, -0.15) is 0 Å². The van der Waals surface area contributed by atoms with Crippen LogP contribution in [-0.4, -0.2) is 23.6 Å². The summed E-state index contributed by atoms with van der Waals surface area (Å²) in [6.45, 7) is 0. The second kappa shape index (κ2) is 5.05. The number of nitrogens with zero attached hydrogens (tertiary/aromatic N) is 2. The predicted octanol–water partition coefficient (Wildman–Crippen LogP) is 2.73. The number of carbonyl (C=O) groups excluding carboxylic acids is 1. The Bertz CT molecular complexity index is 541. The first-order valence-corrected chi connectivity index (χ1v) is 5.66. The monoisotopic (exact) mass is 292 g/mol. The zero-order valence-electron chi connectivity index (χ0n) is 9.05. The Hall–Kier alpha value is -1.75. The summed E-state index contributed by atoms with van der Waals surface area (Å²) in [6.07, 6.45) is 0.667. The Kier molecular flexibility index (Phi) is 3.49. The maximum Gasteiger partial charge on any atom is 0.170 e. The number of aromatic nitrogens is 2. The minimum absolute atomic E-state index is 0.321. The minimum atomic E-state index is 0.321. The lowest BCUT2D eigenvalue weighted by atomic mass is 10.1. The third kappa shape index (κ3) is 2.50. The third-order valence-corrected chi connectivity index (χ3v) is 2.87. The molecule has 0 fully saturated rings. The quantitative estimate of drug-likeness (QED) is 0.816. The van der Waals surface area contributed by atoms with Crippen LogP contribution in [-0.2, 0) is 0 Å². The number of carbonyl (C=O) groups is 1. The van der Waals surface area contributed by atoms with E-state index in [1.165, 1.54) is 0 Å². The number of hydrogen-bond donors (Lipinski definition) is 0. The molecule has 0 radical (unpaired) electrons. The molecule has 0 aliphatic heterocycles. The maximum atomic E-state index is 10.5. The molecule has 2 aromatic rings. The Morgan fingerprint density at radius 1 is 1.24 bits per heavy atom. The van der Waals surface area contributed by atoms with E-state index in [1.807, 2.05) is 18.2 Å². The van der Waals surface area contributed by atoms with Crippen LogP contribution in [0.1, 0.15) is 10.5 Å². The molecule has 2 rings (SSSR count). The molecule has 0 aliphatic rings. The molecule has 0 atom stereocenters. The standard InChI is InChI=1S/C12H9BrN2O2/c1-17-12-5-2-8(6-10(12)13)11-4-3-9(7-16)14-15-11/h2-7H,1H3. The van der Waals surface area contributed by atoms with Crippen molar-refractivity contribution in [1.29, 1.82) is 0 Å². The number of methoxy groups -OCH3 is 1. The lowest BCUT2D eigenvalue weighted by molar-refractivity contribution is 0.111. The number of halogens is 1. The molecule has 0 bridgehead atoms. The summed E-state index contributed by atoms with van der Waals surface area (Å²) < 4.78 is 5.99. The van der Waals surface area contributed by atoms with Crippen LogP contribution < -0.4 is 4.74 Å². The van der Waals surface area contributed by atoms with Crippen molar-refractivity contribution in [3.8, 4) is 17.0 Å². The zero-order valence-corrected chi connectivity index (χ0v) is 10.6. The fourth-order valence-electron chi connectivity index (χ4n) is 1.39. The highest BCUT2D eigenvalue weighted by Gasteiger charge is 2.05. The average molecular weight is 293 g/mol. The number of rotatable bonds is 3. The molecule has 1 aromatic carbocycles. The number of ether oxygens (including phenoxy) is 1. The molecule has 0 spiro atoms. The first kappa shape index (κ1) is 11.7. The Morgan fingerprint density at radius 3 is 2.59 bits per heavy atom. The smallest absolute Gasteiger partial charge is 0.170 e. The van der Waals surface area contributed by atoms with Crippen molar-refractivity contribution >= 4 is 22.2 Å². The summed E-state index contributed by atoms with van der Waals surface area (Å²) in [5, 5.41) is 7.75. The van der Waals surface area contributed by atoms with Crippen LogP contribution in [0.4, 0.5) is 0 Å². The zero-order chi connectivity index (χ0) is 12.3. The van der Waals surface area contributed by atoms with Gasteiger partial charge in [-0.15, -0.1) is 10.2 Å². The van der Waals surface area contributed by atoms with Gasteiger partial charge in [-0.05, 0) is 46.3 Å². The first-order chi connectivity index (χ1) is 8.24. The molecule has 0 unspecified atom stereocenters. The molecule has 0 saturated heterocycles. The molecule has 0 saturated carbocycles. The Morgan fingerprint density at radius 2 is 2.06 bits per heavy atom. The van der Waals surface area contributed by atoms with Gasteiger partial charge in [-0.3, -0.25) is 4.79 Å². The number of aldehydes is 1. The lowest BCUT2D eigenvalue weighted by Gasteiger charge is -2.05. The van der Waals surface area contributed by atoms with E-state index in [9.17, 15) is 4.79 Å². The van der Waals surface area contributed by atoms with Crippen LogP contribution in [0.5, 0.6) is 5.75 Å². The molecule has 0 aliphatic carbocycles. The van der Waals surface area contributed by atoms with Gasteiger partial charge in [0.25, 0.3) is 0 Å². The highest BCUT2D eigenvalue weighted by atomic mass is 79.9. The molecule has 1 heterocycles. The lowest BCUT2D eigenvalue weighted by Crippen LogP contribution is -1.93. The van der Waals surface area contributed by atoms with Crippen molar-refractivity contribution in [1.82, 2.24) is 10.2 Å². The molecule has 5 heteroatoms. The van der Waals surface area contributed by atoms with Gasteiger partial charge in [-0.1, -0.05) is 0 Å². The topological polar surface area (TPSA) is 52.1 Å². The van der Waals surface area contributed by atoms with E-state index in [0.29, 0.717) is 17.7 Å². The van der Waals surface area contributed by atoms with Gasteiger partial charge in [0, 0.05) is 5.56 Å². The molecule has 17 heavy (non-hydrogen) atoms. The SMILES string of the molecule is COc1ccc(-c2ccc(C=O)nn2)cc1Br. The van der Waals surface area contributed by atoms with E-state index in [2.05, 4.69) is 26.1 Å². The highest BCUT2D eigenvalue weighted by Crippen LogP contribution is 2.29. The van der Waals surface area contributed by atoms with E-state index in [1.54, 1.807) is 19.2 Å². The summed E-state index contributed by atoms with van der Waals surface area (Å²) in [4.78, 5) is 10.5. The van der Waals surface area contributed by atoms with Crippen LogP contribution in [0, 0.1) is 0 Å². The first-order valence-electron chi connectivity index (χ1n) is 4.87. The van der Waals surface area contributed by atoms with E-state index in [-0.39, 0.29) is 0 Å². The van der Waals surface area contributed by atoms with Gasteiger partial charge in [0.05, 0.1) is 17.3 Å². The van der Waals surface area contributed by atoms with Gasteiger partial charge in [0.1, 0.15) is 11.4 Å². The van der Waals surface area contributed by atoms with Gasteiger partial charge < -0.3 is 4.74 Å². The highest BCUT2D eigenvalue weighted by molar-refractivity contribution is 9.10. The second-order valence-corrected chi connectivity index (χ2v) is 4.16. The van der Waals surface area contributed by atoms with E-state index >= 15 is 0 Å². The number of benzene rings is 1. The van der Waals surface area contributed by atoms with Gasteiger partial charge in [-0.25, -0.2) is 0 Å². The van der Waals surface area contributed by atoms with Crippen molar-refractivity contribution in [2.45, 2.75) is 0 Å². The van der Waals surface area contributed by atoms with Gasteiger partial charge >= 0.3 is 0 Å². The fraction of sp³-hybridized carbons (Fsp3) is 0.0833. The van der Waals surface area contributed by atoms with Crippen molar-refractivity contribution < 1.29 is 9.53 Å². The second-order valence-electron chi connectivity index (χ2n) is 3.31. The predicted molar refractivity (Wildman–Crippen MR) is 67.1 cm³/mol. The molecule has 86 valence electrons. The Labute approximate surface area is 107 Å². The van der Waals surface area contributed by atoms with Gasteiger partial charge in [0.15, 0.2) is 6.29 Å². The van der Waals surface area contributed by atoms with Crippen LogP contribution in [0.15, 0.2) is 34.8 Å². The summed E-state index contributed by atoms with van der Waals surface area (Å²) >= 11 is 3.40. The largest absolute Gasteiger partial charge is 0.496 e. The fourth-order valence-corrected chi connectivity index (χ4v) is 1.93.